The quantitative estimate of drug-likeness (QED) is 0.664. The van der Waals surface area contributed by atoms with Crippen molar-refractivity contribution < 1.29 is 0 Å². The zero-order valence-electron chi connectivity index (χ0n) is 8.64. The molecule has 0 aliphatic rings. The Morgan fingerprint density at radius 2 is 1.47 bits per heavy atom. The maximum atomic E-state index is 3.98. The van der Waals surface area contributed by atoms with E-state index in [-0.39, 0.29) is 0 Å². The van der Waals surface area contributed by atoms with Crippen molar-refractivity contribution >= 4 is 42.6 Å². The van der Waals surface area contributed by atoms with Crippen LogP contribution in [0.5, 0.6) is 0 Å². The number of benzene rings is 2. The highest BCUT2D eigenvalue weighted by Gasteiger charge is 2.11. The van der Waals surface area contributed by atoms with Gasteiger partial charge < -0.3 is 0 Å². The molecule has 2 aromatic carbocycles. The Hall–Kier alpha value is -1.20. The summed E-state index contributed by atoms with van der Waals surface area (Å²) in [5.74, 6) is 0. The zero-order valence-corrected chi connectivity index (χ0v) is 11.8. The van der Waals surface area contributed by atoms with Crippen molar-refractivity contribution in [3.05, 3.63) is 51.9 Å². The second-order valence-corrected chi connectivity index (χ2v) is 4.99. The fourth-order valence-corrected chi connectivity index (χ4v) is 2.96. The number of rotatable bonds is 1. The van der Waals surface area contributed by atoms with Crippen LogP contribution >= 0.6 is 31.9 Å². The summed E-state index contributed by atoms with van der Waals surface area (Å²) in [5.41, 5.74) is 1.05. The van der Waals surface area contributed by atoms with Crippen molar-refractivity contribution in [2.45, 2.75) is 0 Å². The van der Waals surface area contributed by atoms with E-state index in [0.29, 0.717) is 9.47 Å². The van der Waals surface area contributed by atoms with Gasteiger partial charge >= 0.3 is 0 Å². The van der Waals surface area contributed by atoms with E-state index < -0.39 is 0 Å². The van der Waals surface area contributed by atoms with Crippen LogP contribution in [-0.4, -0.2) is 14.8 Å². The van der Waals surface area contributed by atoms with Crippen molar-refractivity contribution in [2.75, 3.05) is 0 Å². The minimum absolute atomic E-state index is 0.681. The van der Waals surface area contributed by atoms with E-state index in [1.807, 2.05) is 28.8 Å². The minimum Gasteiger partial charge on any atom is -0.264 e. The first-order chi connectivity index (χ1) is 8.27. The molecule has 0 fully saturated rings. The van der Waals surface area contributed by atoms with Crippen molar-refractivity contribution in [1.29, 1.82) is 0 Å². The Kier molecular flexibility index (Phi) is 2.72. The lowest BCUT2D eigenvalue weighted by atomic mass is 10.1. The molecule has 0 aliphatic carbocycles. The van der Waals surface area contributed by atoms with Crippen LogP contribution in [-0.2, 0) is 0 Å². The predicted octanol–water partition coefficient (Wildman–Crippen LogP) is 3.95. The number of hydrogen-bond acceptors (Lipinski definition) is 2. The van der Waals surface area contributed by atoms with Crippen LogP contribution in [0.15, 0.2) is 51.9 Å². The van der Waals surface area contributed by atoms with Gasteiger partial charge in [-0.2, -0.15) is 0 Å². The number of fused-ring (bicyclic) bond motifs is 1. The molecular formula is C12H7Br2N3. The molecule has 0 N–H and O–H groups in total. The normalized spacial score (nSPS) is 10.9. The topological polar surface area (TPSA) is 30.7 Å². The number of hydrogen-bond donors (Lipinski definition) is 0. The van der Waals surface area contributed by atoms with Gasteiger partial charge in [-0.1, -0.05) is 36.4 Å². The molecule has 1 aromatic heterocycles. The molecule has 17 heavy (non-hydrogen) atoms. The molecule has 0 radical (unpaired) electrons. The Bertz CT molecular complexity index is 666. The summed E-state index contributed by atoms with van der Waals surface area (Å²) >= 11 is 6.80. The molecule has 0 atom stereocenters. The molecule has 0 saturated heterocycles. The fourth-order valence-electron chi connectivity index (χ4n) is 1.85. The standard InChI is InChI=1S/C12H7Br2N3/c13-11-15-16-12(14)17(11)10-7-3-5-8-4-1-2-6-9(8)10/h1-7H. The highest BCUT2D eigenvalue weighted by atomic mass is 79.9. The summed E-state index contributed by atoms with van der Waals surface area (Å²) in [4.78, 5) is 0. The first-order valence-electron chi connectivity index (χ1n) is 5.02. The Morgan fingerprint density at radius 1 is 0.824 bits per heavy atom. The van der Waals surface area contributed by atoms with Gasteiger partial charge in [-0.05, 0) is 43.3 Å². The Labute approximate surface area is 115 Å². The van der Waals surface area contributed by atoms with Gasteiger partial charge in [-0.25, -0.2) is 0 Å². The summed E-state index contributed by atoms with van der Waals surface area (Å²) in [5, 5.41) is 10.3. The maximum Gasteiger partial charge on any atom is 0.205 e. The van der Waals surface area contributed by atoms with Crippen LogP contribution in [0.3, 0.4) is 0 Å². The third kappa shape index (κ3) is 1.79. The molecule has 1 heterocycles. The number of aromatic nitrogens is 3. The van der Waals surface area contributed by atoms with Gasteiger partial charge in [-0.3, -0.25) is 4.57 Å². The van der Waals surface area contributed by atoms with E-state index in [1.165, 1.54) is 5.39 Å². The molecule has 0 amide bonds. The number of nitrogens with zero attached hydrogens (tertiary/aromatic N) is 3. The molecule has 3 nitrogen and oxygen atoms in total. The van der Waals surface area contributed by atoms with Gasteiger partial charge in [0, 0.05) is 5.39 Å². The van der Waals surface area contributed by atoms with Crippen molar-refractivity contribution in [1.82, 2.24) is 14.8 Å². The van der Waals surface area contributed by atoms with Gasteiger partial charge in [0.25, 0.3) is 0 Å². The van der Waals surface area contributed by atoms with Crippen LogP contribution in [0.2, 0.25) is 0 Å². The lowest BCUT2D eigenvalue weighted by molar-refractivity contribution is 1.000. The van der Waals surface area contributed by atoms with Crippen molar-refractivity contribution in [2.24, 2.45) is 0 Å². The SMILES string of the molecule is Brc1nnc(Br)n1-c1cccc2ccccc12. The molecule has 0 spiro atoms. The molecule has 0 saturated carbocycles. The van der Waals surface area contributed by atoms with Gasteiger partial charge in [0.2, 0.25) is 9.47 Å². The van der Waals surface area contributed by atoms with E-state index in [4.69, 9.17) is 0 Å². The van der Waals surface area contributed by atoms with Gasteiger partial charge in [0.15, 0.2) is 0 Å². The van der Waals surface area contributed by atoms with Crippen LogP contribution in [0.4, 0.5) is 0 Å². The van der Waals surface area contributed by atoms with Gasteiger partial charge in [-0.15, -0.1) is 10.2 Å². The first kappa shape index (κ1) is 10.9. The molecule has 84 valence electrons. The summed E-state index contributed by atoms with van der Waals surface area (Å²) < 4.78 is 3.28. The first-order valence-corrected chi connectivity index (χ1v) is 6.60. The van der Waals surface area contributed by atoms with Crippen molar-refractivity contribution in [3.8, 4) is 5.69 Å². The summed E-state index contributed by atoms with van der Waals surface area (Å²) in [6, 6.07) is 14.4. The summed E-state index contributed by atoms with van der Waals surface area (Å²) in [7, 11) is 0. The molecule has 0 bridgehead atoms. The second-order valence-electron chi connectivity index (χ2n) is 3.57. The minimum atomic E-state index is 0.681. The second kappa shape index (κ2) is 4.23. The largest absolute Gasteiger partial charge is 0.264 e. The Balaban J connectivity index is 2.38. The highest BCUT2D eigenvalue weighted by Crippen LogP contribution is 2.27. The van der Waals surface area contributed by atoms with Gasteiger partial charge in [0.1, 0.15) is 0 Å². The third-order valence-electron chi connectivity index (χ3n) is 2.59. The molecule has 5 heteroatoms. The Morgan fingerprint density at radius 3 is 2.24 bits per heavy atom. The molecular weight excluding hydrogens is 346 g/mol. The van der Waals surface area contributed by atoms with E-state index >= 15 is 0 Å². The van der Waals surface area contributed by atoms with E-state index in [9.17, 15) is 0 Å². The lowest BCUT2D eigenvalue weighted by Gasteiger charge is -2.08. The average molecular weight is 353 g/mol. The molecule has 3 aromatic rings. The molecule has 0 unspecified atom stereocenters. The molecule has 0 aliphatic heterocycles. The molecule has 3 rings (SSSR count). The monoisotopic (exact) mass is 351 g/mol. The van der Waals surface area contributed by atoms with E-state index in [1.54, 1.807) is 0 Å². The summed E-state index contributed by atoms with van der Waals surface area (Å²) in [6.45, 7) is 0. The third-order valence-corrected chi connectivity index (χ3v) is 3.62. The predicted molar refractivity (Wildman–Crippen MR) is 74.3 cm³/mol. The van der Waals surface area contributed by atoms with Crippen LogP contribution in [0.1, 0.15) is 0 Å². The number of halogens is 2. The highest BCUT2D eigenvalue weighted by molar-refractivity contribution is 9.11. The van der Waals surface area contributed by atoms with Crippen LogP contribution in [0, 0.1) is 0 Å². The average Bonchev–Trinajstić information content (AvgIpc) is 2.69. The smallest absolute Gasteiger partial charge is 0.205 e. The van der Waals surface area contributed by atoms with Crippen LogP contribution in [0.25, 0.3) is 16.5 Å². The van der Waals surface area contributed by atoms with E-state index in [0.717, 1.165) is 11.1 Å². The van der Waals surface area contributed by atoms with Crippen LogP contribution < -0.4 is 0 Å². The maximum absolute atomic E-state index is 3.98. The zero-order chi connectivity index (χ0) is 11.8. The lowest BCUT2D eigenvalue weighted by Crippen LogP contribution is -1.96. The van der Waals surface area contributed by atoms with Gasteiger partial charge in [0.05, 0.1) is 5.69 Å². The van der Waals surface area contributed by atoms with E-state index in [2.05, 4.69) is 60.3 Å². The van der Waals surface area contributed by atoms with Crippen molar-refractivity contribution in [3.63, 3.8) is 0 Å². The fraction of sp³-hybridized carbons (Fsp3) is 0. The summed E-state index contributed by atoms with van der Waals surface area (Å²) in [6.07, 6.45) is 0.